The number of rotatable bonds is 1. The Labute approximate surface area is 92.1 Å². The van der Waals surface area contributed by atoms with Gasteiger partial charge in [0, 0.05) is 24.2 Å². The summed E-state index contributed by atoms with van der Waals surface area (Å²) in [6.07, 6.45) is 5.64. The molecule has 3 rings (SSSR count). The molecule has 0 bridgehead atoms. The van der Waals surface area contributed by atoms with Gasteiger partial charge in [-0.2, -0.15) is 0 Å². The van der Waals surface area contributed by atoms with Gasteiger partial charge in [0.25, 0.3) is 0 Å². The smallest absolute Gasteiger partial charge is 0.0405 e. The minimum atomic E-state index is 0.807. The van der Waals surface area contributed by atoms with Crippen LogP contribution in [0.2, 0.25) is 0 Å². The van der Waals surface area contributed by atoms with Crippen molar-refractivity contribution in [3.63, 3.8) is 0 Å². The maximum atomic E-state index is 2.62. The number of para-hydroxylation sites is 1. The fourth-order valence-corrected chi connectivity index (χ4v) is 3.49. The first kappa shape index (κ1) is 9.26. The summed E-state index contributed by atoms with van der Waals surface area (Å²) in [5, 5.41) is 0. The van der Waals surface area contributed by atoms with E-state index in [1.807, 2.05) is 0 Å². The molecule has 0 saturated heterocycles. The molecule has 1 heterocycles. The van der Waals surface area contributed by atoms with Crippen molar-refractivity contribution >= 4 is 5.69 Å². The van der Waals surface area contributed by atoms with Gasteiger partial charge in [-0.25, -0.2) is 0 Å². The fraction of sp³-hybridized carbons (Fsp3) is 0.571. The highest BCUT2D eigenvalue weighted by molar-refractivity contribution is 5.62. The summed E-state index contributed by atoms with van der Waals surface area (Å²) in [7, 11) is 0. The van der Waals surface area contributed by atoms with E-state index in [4.69, 9.17) is 0 Å². The average Bonchev–Trinajstić information content (AvgIpc) is 2.63. The van der Waals surface area contributed by atoms with Crippen LogP contribution in [0.15, 0.2) is 24.3 Å². The second kappa shape index (κ2) is 3.55. The fourth-order valence-electron chi connectivity index (χ4n) is 3.49. The molecular formula is C14H19N. The van der Waals surface area contributed by atoms with E-state index in [1.54, 1.807) is 5.56 Å². The third kappa shape index (κ3) is 1.29. The first-order valence-corrected chi connectivity index (χ1v) is 6.27. The lowest BCUT2D eigenvalue weighted by Crippen LogP contribution is -2.35. The molecule has 1 nitrogen and oxygen atoms in total. The van der Waals surface area contributed by atoms with Crippen molar-refractivity contribution in [2.24, 2.45) is 0 Å². The van der Waals surface area contributed by atoms with Crippen LogP contribution in [0.4, 0.5) is 5.69 Å². The van der Waals surface area contributed by atoms with Crippen LogP contribution in [-0.4, -0.2) is 12.6 Å². The van der Waals surface area contributed by atoms with Crippen molar-refractivity contribution in [1.29, 1.82) is 0 Å². The maximum absolute atomic E-state index is 2.62. The van der Waals surface area contributed by atoms with Crippen LogP contribution in [0.25, 0.3) is 0 Å². The van der Waals surface area contributed by atoms with Crippen molar-refractivity contribution in [2.45, 2.75) is 44.6 Å². The second-order valence-corrected chi connectivity index (χ2v) is 4.80. The van der Waals surface area contributed by atoms with E-state index in [0.717, 1.165) is 18.5 Å². The molecular weight excluding hydrogens is 182 g/mol. The molecule has 1 aromatic carbocycles. The number of anilines is 1. The first-order chi connectivity index (χ1) is 7.42. The third-order valence-electron chi connectivity index (χ3n) is 4.12. The molecule has 1 aliphatic carbocycles. The average molecular weight is 201 g/mol. The van der Waals surface area contributed by atoms with Gasteiger partial charge in [-0.05, 0) is 31.4 Å². The Morgan fingerprint density at radius 3 is 2.87 bits per heavy atom. The van der Waals surface area contributed by atoms with E-state index in [0.29, 0.717) is 0 Å². The van der Waals surface area contributed by atoms with E-state index >= 15 is 0 Å². The van der Waals surface area contributed by atoms with Crippen molar-refractivity contribution in [1.82, 2.24) is 0 Å². The van der Waals surface area contributed by atoms with Crippen LogP contribution >= 0.6 is 0 Å². The SMILES string of the molecule is CCN1c2ccccc2C2CCCCC21. The van der Waals surface area contributed by atoms with E-state index in [2.05, 4.69) is 36.1 Å². The van der Waals surface area contributed by atoms with E-state index in [-0.39, 0.29) is 0 Å². The van der Waals surface area contributed by atoms with Gasteiger partial charge in [-0.3, -0.25) is 0 Å². The Bertz CT molecular complexity index is 333. The summed E-state index contributed by atoms with van der Waals surface area (Å²) < 4.78 is 0. The number of benzene rings is 1. The zero-order valence-corrected chi connectivity index (χ0v) is 9.45. The van der Waals surface area contributed by atoms with Gasteiger partial charge in [0.2, 0.25) is 0 Å². The molecule has 1 saturated carbocycles. The molecule has 15 heavy (non-hydrogen) atoms. The zero-order valence-electron chi connectivity index (χ0n) is 9.45. The second-order valence-electron chi connectivity index (χ2n) is 4.80. The molecule has 1 aromatic rings. The number of hydrogen-bond donors (Lipinski definition) is 0. The lowest BCUT2D eigenvalue weighted by Gasteiger charge is -2.32. The van der Waals surface area contributed by atoms with Crippen LogP contribution in [0, 0.1) is 0 Å². The van der Waals surface area contributed by atoms with Crippen molar-refractivity contribution in [3.8, 4) is 0 Å². The number of nitrogens with zero attached hydrogens (tertiary/aromatic N) is 1. The molecule has 0 aromatic heterocycles. The summed E-state index contributed by atoms with van der Waals surface area (Å²) >= 11 is 0. The Morgan fingerprint density at radius 2 is 2.00 bits per heavy atom. The molecule has 0 radical (unpaired) electrons. The van der Waals surface area contributed by atoms with E-state index in [9.17, 15) is 0 Å². The summed E-state index contributed by atoms with van der Waals surface area (Å²) in [6.45, 7) is 3.45. The van der Waals surface area contributed by atoms with Gasteiger partial charge >= 0.3 is 0 Å². The van der Waals surface area contributed by atoms with Crippen LogP contribution in [0.3, 0.4) is 0 Å². The van der Waals surface area contributed by atoms with Gasteiger partial charge in [0.1, 0.15) is 0 Å². The van der Waals surface area contributed by atoms with E-state index < -0.39 is 0 Å². The Hall–Kier alpha value is -0.980. The maximum Gasteiger partial charge on any atom is 0.0405 e. The van der Waals surface area contributed by atoms with Crippen molar-refractivity contribution in [2.75, 3.05) is 11.4 Å². The standard InChI is InChI=1S/C14H19N/c1-2-15-13-9-5-3-7-11(13)12-8-4-6-10-14(12)15/h3,5,7,9,12,14H,2,4,6,8,10H2,1H3. The Morgan fingerprint density at radius 1 is 1.20 bits per heavy atom. The van der Waals surface area contributed by atoms with Crippen LogP contribution in [-0.2, 0) is 0 Å². The summed E-state index contributed by atoms with van der Waals surface area (Å²) in [5.41, 5.74) is 3.13. The molecule has 1 aliphatic heterocycles. The zero-order chi connectivity index (χ0) is 10.3. The number of likely N-dealkylation sites (N-methyl/N-ethyl adjacent to an activating group) is 1. The quantitative estimate of drug-likeness (QED) is 0.671. The monoisotopic (exact) mass is 201 g/mol. The van der Waals surface area contributed by atoms with Gasteiger partial charge < -0.3 is 4.90 Å². The predicted molar refractivity (Wildman–Crippen MR) is 64.5 cm³/mol. The molecule has 2 aliphatic rings. The topological polar surface area (TPSA) is 3.24 Å². The number of fused-ring (bicyclic) bond motifs is 3. The van der Waals surface area contributed by atoms with Gasteiger partial charge in [-0.15, -0.1) is 0 Å². The highest BCUT2D eigenvalue weighted by Crippen LogP contribution is 2.47. The molecule has 0 spiro atoms. The largest absolute Gasteiger partial charge is 0.368 e. The summed E-state index contributed by atoms with van der Waals surface area (Å²) in [4.78, 5) is 2.62. The highest BCUT2D eigenvalue weighted by atomic mass is 15.2. The molecule has 1 heteroatoms. The third-order valence-corrected chi connectivity index (χ3v) is 4.12. The Balaban J connectivity index is 2.05. The molecule has 1 fully saturated rings. The van der Waals surface area contributed by atoms with Crippen LogP contribution in [0.1, 0.15) is 44.1 Å². The van der Waals surface area contributed by atoms with Gasteiger partial charge in [-0.1, -0.05) is 31.0 Å². The van der Waals surface area contributed by atoms with Gasteiger partial charge in [0.15, 0.2) is 0 Å². The number of hydrogen-bond acceptors (Lipinski definition) is 1. The minimum absolute atomic E-state index is 0.807. The highest BCUT2D eigenvalue weighted by Gasteiger charge is 2.38. The van der Waals surface area contributed by atoms with Crippen LogP contribution in [0.5, 0.6) is 0 Å². The molecule has 0 N–H and O–H groups in total. The van der Waals surface area contributed by atoms with Crippen molar-refractivity contribution in [3.05, 3.63) is 29.8 Å². The normalized spacial score (nSPS) is 28.7. The minimum Gasteiger partial charge on any atom is -0.368 e. The lowest BCUT2D eigenvalue weighted by molar-refractivity contribution is 0.389. The molecule has 0 amide bonds. The Kier molecular flexibility index (Phi) is 2.19. The predicted octanol–water partition coefficient (Wildman–Crippen LogP) is 3.55. The van der Waals surface area contributed by atoms with Gasteiger partial charge in [0.05, 0.1) is 0 Å². The molecule has 2 atom stereocenters. The van der Waals surface area contributed by atoms with Crippen molar-refractivity contribution < 1.29 is 0 Å². The van der Waals surface area contributed by atoms with Crippen LogP contribution < -0.4 is 4.90 Å². The van der Waals surface area contributed by atoms with E-state index in [1.165, 1.54) is 31.4 Å². The molecule has 80 valence electrons. The summed E-state index contributed by atoms with van der Waals surface area (Å²) in [5.74, 6) is 0.829. The summed E-state index contributed by atoms with van der Waals surface area (Å²) in [6, 6.07) is 9.83. The molecule has 2 unspecified atom stereocenters. The first-order valence-electron chi connectivity index (χ1n) is 6.27. The lowest BCUT2D eigenvalue weighted by atomic mass is 9.82.